The molecule has 0 fully saturated rings. The molecule has 0 saturated heterocycles. The summed E-state index contributed by atoms with van der Waals surface area (Å²) in [6.45, 7) is 0.792. The topological polar surface area (TPSA) is 103 Å². The smallest absolute Gasteiger partial charge is 0.288 e. The third-order valence-electron chi connectivity index (χ3n) is 2.50. The van der Waals surface area contributed by atoms with Crippen molar-refractivity contribution in [3.05, 3.63) is 51.3 Å². The van der Waals surface area contributed by atoms with Gasteiger partial charge in [-0.3, -0.25) is 19.6 Å². The fourth-order valence-corrected chi connectivity index (χ4v) is 1.72. The summed E-state index contributed by atoms with van der Waals surface area (Å²) in [6.07, 6.45) is 3.20. The number of nitro groups is 1. The maximum absolute atomic E-state index is 11.8. The average molecular weight is 296 g/mol. The van der Waals surface area contributed by atoms with Crippen LogP contribution in [0.15, 0.2) is 30.6 Å². The summed E-state index contributed by atoms with van der Waals surface area (Å²) >= 11 is 5.68. The van der Waals surface area contributed by atoms with E-state index in [9.17, 15) is 14.9 Å². The van der Waals surface area contributed by atoms with Gasteiger partial charge in [-0.25, -0.2) is 0 Å². The normalized spacial score (nSPS) is 10.2. The van der Waals surface area contributed by atoms with Crippen LogP contribution >= 0.6 is 11.6 Å². The van der Waals surface area contributed by atoms with Crippen LogP contribution in [0.25, 0.3) is 0 Å². The van der Waals surface area contributed by atoms with Gasteiger partial charge in [-0.2, -0.15) is 0 Å². The number of nitrogens with one attached hydrogen (secondary N) is 1. The van der Waals surface area contributed by atoms with E-state index in [0.29, 0.717) is 13.1 Å². The van der Waals surface area contributed by atoms with Crippen LogP contribution < -0.4 is 5.32 Å². The van der Waals surface area contributed by atoms with Crippen molar-refractivity contribution in [3.63, 3.8) is 0 Å². The van der Waals surface area contributed by atoms with Crippen LogP contribution in [-0.2, 0) is 6.54 Å². The van der Waals surface area contributed by atoms with Crippen molar-refractivity contribution in [1.29, 1.82) is 0 Å². The SMILES string of the molecule is O=C(NCCn1ccnn1)c1ccc(Cl)c([N+](=O)[O-])c1. The molecule has 2 rings (SSSR count). The Hall–Kier alpha value is -2.48. The molecule has 0 bridgehead atoms. The number of benzene rings is 1. The van der Waals surface area contributed by atoms with Crippen molar-refractivity contribution >= 4 is 23.2 Å². The molecule has 9 heteroatoms. The van der Waals surface area contributed by atoms with E-state index < -0.39 is 10.8 Å². The maximum Gasteiger partial charge on any atom is 0.288 e. The number of hydrogen-bond acceptors (Lipinski definition) is 5. The van der Waals surface area contributed by atoms with Gasteiger partial charge in [0.2, 0.25) is 0 Å². The summed E-state index contributed by atoms with van der Waals surface area (Å²) in [4.78, 5) is 21.9. The summed E-state index contributed by atoms with van der Waals surface area (Å²) in [5, 5.41) is 20.7. The molecule has 0 saturated carbocycles. The minimum atomic E-state index is -0.630. The van der Waals surface area contributed by atoms with Crippen LogP contribution in [0.4, 0.5) is 5.69 Å². The Morgan fingerprint density at radius 3 is 2.95 bits per heavy atom. The highest BCUT2D eigenvalue weighted by molar-refractivity contribution is 6.32. The molecule has 0 spiro atoms. The molecule has 2 aromatic rings. The Morgan fingerprint density at radius 1 is 1.50 bits per heavy atom. The molecule has 0 aliphatic carbocycles. The first-order valence-electron chi connectivity index (χ1n) is 5.64. The van der Waals surface area contributed by atoms with Crippen molar-refractivity contribution in [2.45, 2.75) is 6.54 Å². The molecular formula is C11H10ClN5O3. The van der Waals surface area contributed by atoms with E-state index >= 15 is 0 Å². The zero-order valence-electron chi connectivity index (χ0n) is 10.2. The number of aromatic nitrogens is 3. The molecule has 104 valence electrons. The van der Waals surface area contributed by atoms with Crippen LogP contribution in [-0.4, -0.2) is 32.4 Å². The zero-order chi connectivity index (χ0) is 14.5. The summed E-state index contributed by atoms with van der Waals surface area (Å²) < 4.78 is 1.56. The van der Waals surface area contributed by atoms with Gasteiger partial charge in [0.05, 0.1) is 17.7 Å². The van der Waals surface area contributed by atoms with Gasteiger partial charge in [0, 0.05) is 24.4 Å². The van der Waals surface area contributed by atoms with Crippen molar-refractivity contribution in [2.24, 2.45) is 0 Å². The largest absolute Gasteiger partial charge is 0.350 e. The first-order chi connectivity index (χ1) is 9.58. The second kappa shape index (κ2) is 6.11. The van der Waals surface area contributed by atoms with Crippen molar-refractivity contribution in [2.75, 3.05) is 6.54 Å². The van der Waals surface area contributed by atoms with Gasteiger partial charge in [-0.05, 0) is 12.1 Å². The van der Waals surface area contributed by atoms with Crippen LogP contribution in [0.5, 0.6) is 0 Å². The van der Waals surface area contributed by atoms with Crippen LogP contribution in [0.3, 0.4) is 0 Å². The van der Waals surface area contributed by atoms with Crippen molar-refractivity contribution < 1.29 is 9.72 Å². The maximum atomic E-state index is 11.8. The minimum Gasteiger partial charge on any atom is -0.350 e. The number of rotatable bonds is 5. The van der Waals surface area contributed by atoms with Crippen LogP contribution in [0.1, 0.15) is 10.4 Å². The third kappa shape index (κ3) is 3.29. The Kier molecular flexibility index (Phi) is 4.26. The quantitative estimate of drug-likeness (QED) is 0.661. The van der Waals surface area contributed by atoms with Gasteiger partial charge >= 0.3 is 0 Å². The molecule has 0 radical (unpaired) electrons. The zero-order valence-corrected chi connectivity index (χ0v) is 10.9. The van der Waals surface area contributed by atoms with E-state index in [1.165, 1.54) is 18.3 Å². The highest BCUT2D eigenvalue weighted by Crippen LogP contribution is 2.24. The number of nitrogens with zero attached hydrogens (tertiary/aromatic N) is 4. The minimum absolute atomic E-state index is 0.00540. The van der Waals surface area contributed by atoms with E-state index in [0.717, 1.165) is 6.07 Å². The first-order valence-corrected chi connectivity index (χ1v) is 6.02. The lowest BCUT2D eigenvalue weighted by Crippen LogP contribution is -2.27. The Balaban J connectivity index is 1.98. The van der Waals surface area contributed by atoms with E-state index in [2.05, 4.69) is 15.6 Å². The molecule has 1 amide bonds. The predicted octanol–water partition coefficient (Wildman–Crippen LogP) is 1.27. The van der Waals surface area contributed by atoms with Crippen LogP contribution in [0, 0.1) is 10.1 Å². The van der Waals surface area contributed by atoms with Gasteiger partial charge in [0.25, 0.3) is 11.6 Å². The molecule has 1 aromatic carbocycles. The van der Waals surface area contributed by atoms with E-state index in [1.54, 1.807) is 10.9 Å². The first kappa shape index (κ1) is 13.9. The molecule has 1 heterocycles. The predicted molar refractivity (Wildman–Crippen MR) is 70.5 cm³/mol. The molecule has 20 heavy (non-hydrogen) atoms. The summed E-state index contributed by atoms with van der Waals surface area (Å²) in [5.41, 5.74) is -0.115. The molecular weight excluding hydrogens is 286 g/mol. The number of carbonyl (C=O) groups excluding carboxylic acids is 1. The summed E-state index contributed by atoms with van der Waals surface area (Å²) in [6, 6.07) is 3.90. The van der Waals surface area contributed by atoms with Crippen molar-refractivity contribution in [1.82, 2.24) is 20.3 Å². The lowest BCUT2D eigenvalue weighted by Gasteiger charge is -2.05. The Labute approximate surface area is 118 Å². The standard InChI is InChI=1S/C11H10ClN5O3/c12-9-2-1-8(7-10(9)17(19)20)11(18)13-3-5-16-6-4-14-15-16/h1-2,4,6-7H,3,5H2,(H,13,18). The second-order valence-electron chi connectivity index (χ2n) is 3.85. The van der Waals surface area contributed by atoms with Gasteiger partial charge < -0.3 is 5.32 Å². The number of hydrogen-bond donors (Lipinski definition) is 1. The highest BCUT2D eigenvalue weighted by atomic mass is 35.5. The number of amides is 1. The molecule has 0 aliphatic rings. The van der Waals surface area contributed by atoms with Gasteiger partial charge in [-0.1, -0.05) is 16.8 Å². The number of carbonyl (C=O) groups is 1. The lowest BCUT2D eigenvalue weighted by molar-refractivity contribution is -0.384. The third-order valence-corrected chi connectivity index (χ3v) is 2.82. The molecule has 8 nitrogen and oxygen atoms in total. The molecule has 0 unspecified atom stereocenters. The van der Waals surface area contributed by atoms with E-state index in [4.69, 9.17) is 11.6 Å². The molecule has 0 atom stereocenters. The molecule has 0 aliphatic heterocycles. The number of nitro benzene ring substituents is 1. The second-order valence-corrected chi connectivity index (χ2v) is 4.25. The van der Waals surface area contributed by atoms with Gasteiger partial charge in [-0.15, -0.1) is 5.10 Å². The van der Waals surface area contributed by atoms with Gasteiger partial charge in [0.15, 0.2) is 0 Å². The Morgan fingerprint density at radius 2 is 2.30 bits per heavy atom. The van der Waals surface area contributed by atoms with E-state index in [-0.39, 0.29) is 16.3 Å². The average Bonchev–Trinajstić information content (AvgIpc) is 2.92. The number of halogens is 1. The fraction of sp³-hybridized carbons (Fsp3) is 0.182. The van der Waals surface area contributed by atoms with Gasteiger partial charge in [0.1, 0.15) is 5.02 Å². The highest BCUT2D eigenvalue weighted by Gasteiger charge is 2.15. The van der Waals surface area contributed by atoms with Crippen molar-refractivity contribution in [3.8, 4) is 0 Å². The van der Waals surface area contributed by atoms with E-state index in [1.807, 2.05) is 0 Å². The molecule has 1 N–H and O–H groups in total. The fourth-order valence-electron chi connectivity index (χ4n) is 1.53. The Bertz CT molecular complexity index is 629. The summed E-state index contributed by atoms with van der Waals surface area (Å²) in [5.74, 6) is -0.412. The lowest BCUT2D eigenvalue weighted by atomic mass is 10.2. The molecule has 1 aromatic heterocycles. The monoisotopic (exact) mass is 295 g/mol. The summed E-state index contributed by atoms with van der Waals surface area (Å²) in [7, 11) is 0. The van der Waals surface area contributed by atoms with Crippen LogP contribution in [0.2, 0.25) is 5.02 Å².